The Bertz CT molecular complexity index is 1480. The third-order valence-corrected chi connectivity index (χ3v) is 7.35. The van der Waals surface area contributed by atoms with Crippen LogP contribution in [0.1, 0.15) is 33.6 Å². The minimum absolute atomic E-state index is 0.136. The lowest BCUT2D eigenvalue weighted by Gasteiger charge is -2.34. The number of nitrogens with zero attached hydrogens (tertiary/aromatic N) is 7. The normalized spacial score (nSPS) is 15.9. The van der Waals surface area contributed by atoms with Gasteiger partial charge in [0.25, 0.3) is 0 Å². The first-order valence-corrected chi connectivity index (χ1v) is 14.6. The highest BCUT2D eigenvalue weighted by atomic mass is 16.6. The average Bonchev–Trinajstić information content (AvgIpc) is 3.01. The first kappa shape index (κ1) is 30.4. The molecular weight excluding hydrogens is 566 g/mol. The van der Waals surface area contributed by atoms with Gasteiger partial charge in [0.05, 0.1) is 11.9 Å². The number of likely N-dealkylation sites (tertiary alicyclic amines) is 1. The van der Waals surface area contributed by atoms with Crippen LogP contribution in [0.3, 0.4) is 0 Å². The lowest BCUT2D eigenvalue weighted by Crippen LogP contribution is -2.48. The van der Waals surface area contributed by atoms with Gasteiger partial charge in [0, 0.05) is 81.1 Å². The van der Waals surface area contributed by atoms with Crippen molar-refractivity contribution in [2.45, 2.75) is 39.2 Å². The molecule has 2 aliphatic rings. The molecule has 3 N–H and O–H groups in total. The number of rotatable bonds is 6. The zero-order valence-corrected chi connectivity index (χ0v) is 25.1. The molecule has 44 heavy (non-hydrogen) atoms. The smallest absolute Gasteiger partial charge is 0.410 e. The van der Waals surface area contributed by atoms with Crippen LogP contribution in [0.4, 0.5) is 32.7 Å². The number of anilines is 4. The molecule has 0 bridgehead atoms. The maximum atomic E-state index is 13.4. The number of pyridine rings is 2. The van der Waals surface area contributed by atoms with Gasteiger partial charge in [-0.15, -0.1) is 0 Å². The Labute approximate surface area is 255 Å². The summed E-state index contributed by atoms with van der Waals surface area (Å²) >= 11 is 0. The van der Waals surface area contributed by atoms with Crippen LogP contribution >= 0.6 is 0 Å². The molecule has 2 aliphatic heterocycles. The van der Waals surface area contributed by atoms with Crippen LogP contribution in [0.15, 0.2) is 49.1 Å². The van der Waals surface area contributed by atoms with Crippen molar-refractivity contribution in [1.29, 1.82) is 0 Å². The van der Waals surface area contributed by atoms with E-state index < -0.39 is 11.7 Å². The van der Waals surface area contributed by atoms with Crippen molar-refractivity contribution in [1.82, 2.24) is 29.7 Å². The van der Waals surface area contributed by atoms with Gasteiger partial charge in [0.15, 0.2) is 0 Å². The molecule has 0 saturated carbocycles. The SMILES string of the molecule is CC(C)(C)OC(=O)N1CCC(C(=O)Nc2cc(Nc3cnccn3)nc(-c3ccnc(N4CCN(C(=O)O)CC4)c3)c2)CC1. The summed E-state index contributed by atoms with van der Waals surface area (Å²) in [5.41, 5.74) is 1.35. The van der Waals surface area contributed by atoms with Gasteiger partial charge in [-0.1, -0.05) is 0 Å². The molecule has 2 fully saturated rings. The van der Waals surface area contributed by atoms with E-state index in [1.807, 2.05) is 37.8 Å². The molecule has 14 nitrogen and oxygen atoms in total. The molecule has 0 aromatic carbocycles. The molecule has 0 radical (unpaired) electrons. The number of amides is 3. The molecular formula is C30H37N9O5. The molecule has 0 unspecified atom stereocenters. The third-order valence-electron chi connectivity index (χ3n) is 7.35. The van der Waals surface area contributed by atoms with E-state index >= 15 is 0 Å². The second kappa shape index (κ2) is 13.1. The molecule has 232 valence electrons. The van der Waals surface area contributed by atoms with E-state index in [0.717, 1.165) is 5.56 Å². The standard InChI is InChI=1S/C30H37N9O5/c1-30(2,3)44-29(43)39-10-5-20(6-11-39)27(40)34-22-17-23(35-24(18-22)36-25-19-31-8-9-32-25)21-4-7-33-26(16-21)37-12-14-38(15-13-37)28(41)42/h4,7-9,16-20H,5-6,10-15H2,1-3H3,(H,41,42)(H2,32,34,35,36,40). The van der Waals surface area contributed by atoms with Crippen molar-refractivity contribution in [3.8, 4) is 11.3 Å². The largest absolute Gasteiger partial charge is 0.465 e. The summed E-state index contributed by atoms with van der Waals surface area (Å²) in [7, 11) is 0. The molecule has 5 rings (SSSR count). The van der Waals surface area contributed by atoms with Gasteiger partial charge in [0.1, 0.15) is 23.1 Å². The minimum Gasteiger partial charge on any atom is -0.465 e. The Morgan fingerprint density at radius 3 is 2.32 bits per heavy atom. The molecule has 5 heterocycles. The van der Waals surface area contributed by atoms with Crippen LogP contribution < -0.4 is 15.5 Å². The number of carboxylic acid groups (broad SMARTS) is 1. The maximum absolute atomic E-state index is 13.4. The van der Waals surface area contributed by atoms with E-state index in [0.29, 0.717) is 80.9 Å². The molecule has 14 heteroatoms. The molecule has 0 spiro atoms. The Kier molecular flexibility index (Phi) is 9.07. The van der Waals surface area contributed by atoms with Gasteiger partial charge in [0.2, 0.25) is 5.91 Å². The fraction of sp³-hybridized carbons (Fsp3) is 0.433. The van der Waals surface area contributed by atoms with Gasteiger partial charge in [-0.05, 0) is 51.8 Å². The summed E-state index contributed by atoms with van der Waals surface area (Å²) < 4.78 is 5.48. The van der Waals surface area contributed by atoms with E-state index in [2.05, 4.69) is 25.6 Å². The average molecular weight is 604 g/mol. The summed E-state index contributed by atoms with van der Waals surface area (Å²) in [4.78, 5) is 59.9. The van der Waals surface area contributed by atoms with Crippen LogP contribution in [-0.2, 0) is 9.53 Å². The van der Waals surface area contributed by atoms with Crippen molar-refractivity contribution in [2.24, 2.45) is 5.92 Å². The Morgan fingerprint density at radius 2 is 1.66 bits per heavy atom. The summed E-state index contributed by atoms with van der Waals surface area (Å²) in [6, 6.07) is 7.28. The zero-order valence-electron chi connectivity index (χ0n) is 25.1. The monoisotopic (exact) mass is 603 g/mol. The number of piperidine rings is 1. The van der Waals surface area contributed by atoms with E-state index in [1.165, 1.54) is 4.90 Å². The van der Waals surface area contributed by atoms with Crippen molar-refractivity contribution in [2.75, 3.05) is 54.8 Å². The van der Waals surface area contributed by atoms with Crippen molar-refractivity contribution in [3.63, 3.8) is 0 Å². The third kappa shape index (κ3) is 7.88. The lowest BCUT2D eigenvalue weighted by molar-refractivity contribution is -0.121. The summed E-state index contributed by atoms with van der Waals surface area (Å²) in [6.45, 7) is 8.21. The van der Waals surface area contributed by atoms with Crippen LogP contribution in [0.25, 0.3) is 11.3 Å². The predicted octanol–water partition coefficient (Wildman–Crippen LogP) is 4.06. The summed E-state index contributed by atoms with van der Waals surface area (Å²) in [5.74, 6) is 1.27. The van der Waals surface area contributed by atoms with Crippen molar-refractivity contribution < 1.29 is 24.2 Å². The van der Waals surface area contributed by atoms with Crippen LogP contribution in [-0.4, -0.2) is 97.8 Å². The minimum atomic E-state index is -0.925. The Balaban J connectivity index is 1.33. The number of hydrogen-bond donors (Lipinski definition) is 3. The number of piperazine rings is 1. The van der Waals surface area contributed by atoms with Gasteiger partial charge in [-0.3, -0.25) is 9.78 Å². The maximum Gasteiger partial charge on any atom is 0.410 e. The first-order valence-electron chi connectivity index (χ1n) is 14.6. The lowest BCUT2D eigenvalue weighted by atomic mass is 9.96. The number of carbonyl (C=O) groups is 3. The molecule has 3 aromatic rings. The highest BCUT2D eigenvalue weighted by Crippen LogP contribution is 2.29. The van der Waals surface area contributed by atoms with Crippen LogP contribution in [0.5, 0.6) is 0 Å². The van der Waals surface area contributed by atoms with E-state index in [-0.39, 0.29) is 17.9 Å². The number of carbonyl (C=O) groups excluding carboxylic acids is 2. The highest BCUT2D eigenvalue weighted by molar-refractivity contribution is 5.94. The summed E-state index contributed by atoms with van der Waals surface area (Å²) in [5, 5.41) is 15.5. The molecule has 2 saturated heterocycles. The van der Waals surface area contributed by atoms with Gasteiger partial charge < -0.3 is 35.2 Å². The molecule has 0 atom stereocenters. The van der Waals surface area contributed by atoms with Crippen LogP contribution in [0, 0.1) is 5.92 Å². The number of ether oxygens (including phenoxy) is 1. The number of aromatic nitrogens is 4. The van der Waals surface area contributed by atoms with Gasteiger partial charge in [-0.2, -0.15) is 0 Å². The molecule has 3 aromatic heterocycles. The van der Waals surface area contributed by atoms with Crippen LogP contribution in [0.2, 0.25) is 0 Å². The predicted molar refractivity (Wildman–Crippen MR) is 164 cm³/mol. The zero-order chi connectivity index (χ0) is 31.3. The number of nitrogens with one attached hydrogen (secondary N) is 2. The fourth-order valence-corrected chi connectivity index (χ4v) is 5.08. The molecule has 0 aliphatic carbocycles. The van der Waals surface area contributed by atoms with E-state index in [1.54, 1.807) is 41.8 Å². The summed E-state index contributed by atoms with van der Waals surface area (Å²) in [6.07, 6.45) is 6.16. The van der Waals surface area contributed by atoms with Crippen molar-refractivity contribution >= 4 is 41.2 Å². The second-order valence-electron chi connectivity index (χ2n) is 11.7. The van der Waals surface area contributed by atoms with E-state index in [9.17, 15) is 19.5 Å². The molecule has 3 amide bonds. The fourth-order valence-electron chi connectivity index (χ4n) is 5.08. The Hall–Kier alpha value is -5.01. The first-order chi connectivity index (χ1) is 21.0. The Morgan fingerprint density at radius 1 is 0.909 bits per heavy atom. The topological polar surface area (TPSA) is 166 Å². The quantitative estimate of drug-likeness (QED) is 0.372. The van der Waals surface area contributed by atoms with Gasteiger partial charge >= 0.3 is 12.2 Å². The number of hydrogen-bond acceptors (Lipinski definition) is 10. The highest BCUT2D eigenvalue weighted by Gasteiger charge is 2.30. The van der Waals surface area contributed by atoms with Gasteiger partial charge in [-0.25, -0.2) is 24.5 Å². The second-order valence-corrected chi connectivity index (χ2v) is 11.7. The van der Waals surface area contributed by atoms with Crippen molar-refractivity contribution in [3.05, 3.63) is 49.1 Å². The van der Waals surface area contributed by atoms with E-state index in [4.69, 9.17) is 9.72 Å².